The summed E-state index contributed by atoms with van der Waals surface area (Å²) >= 11 is 9.80. The molecule has 1 atom stereocenters. The summed E-state index contributed by atoms with van der Waals surface area (Å²) in [4.78, 5) is 29.1. The number of nitrogens with zero attached hydrogens (tertiary/aromatic N) is 1. The lowest BCUT2D eigenvalue weighted by atomic mass is 10.0. The van der Waals surface area contributed by atoms with Crippen LogP contribution in [-0.2, 0) is 14.3 Å². The Balaban J connectivity index is 2.07. The van der Waals surface area contributed by atoms with Crippen molar-refractivity contribution in [2.24, 2.45) is 4.99 Å². The molecule has 27 heavy (non-hydrogen) atoms. The summed E-state index contributed by atoms with van der Waals surface area (Å²) in [6.07, 6.45) is -0.524. The number of hydrogen-bond donors (Lipinski definition) is 2. The number of hydrogen-bond acceptors (Lipinski definition) is 4. The molecule has 0 aromatic heterocycles. The molecule has 8 heteroatoms. The first kappa shape index (κ1) is 19.5. The maximum absolute atomic E-state index is 12.6. The van der Waals surface area contributed by atoms with Crippen molar-refractivity contribution in [2.75, 3.05) is 11.9 Å². The first-order valence-corrected chi connectivity index (χ1v) is 9.59. The van der Waals surface area contributed by atoms with Gasteiger partial charge in [0.1, 0.15) is 0 Å². The first-order valence-electron chi connectivity index (χ1n) is 8.42. The zero-order valence-corrected chi connectivity index (χ0v) is 16.7. The molecule has 0 radical (unpaired) electrons. The normalized spacial score (nSPS) is 16.0. The van der Waals surface area contributed by atoms with Gasteiger partial charge in [0.25, 0.3) is 12.1 Å². The second-order valence-corrected chi connectivity index (χ2v) is 7.26. The van der Waals surface area contributed by atoms with E-state index in [9.17, 15) is 9.59 Å². The standard InChI is InChI=1S/C19H17BrClN3O3/c20-11-7-8-15-13(10-11)17(12-4-1-2-5-14(12)21)24-19(18(26)23-15)27-16(25)6-3-9-22/h1-2,4-5,7-8,10,19H,3,6,9,22H2,(H,23,26)/p+1/t19-/m1/s1. The Labute approximate surface area is 169 Å². The molecule has 0 bridgehead atoms. The zero-order valence-electron chi connectivity index (χ0n) is 14.4. The Bertz CT molecular complexity index is 917. The summed E-state index contributed by atoms with van der Waals surface area (Å²) < 4.78 is 6.14. The number of amides is 1. The van der Waals surface area contributed by atoms with Crippen LogP contribution in [-0.4, -0.2) is 30.4 Å². The van der Waals surface area contributed by atoms with E-state index in [1.807, 2.05) is 30.3 Å². The van der Waals surface area contributed by atoms with Crippen LogP contribution in [0.3, 0.4) is 0 Å². The van der Waals surface area contributed by atoms with Crippen molar-refractivity contribution in [1.82, 2.24) is 0 Å². The van der Waals surface area contributed by atoms with Crippen LogP contribution in [0.5, 0.6) is 0 Å². The number of rotatable bonds is 5. The average molecular weight is 452 g/mol. The minimum atomic E-state index is -1.29. The highest BCUT2D eigenvalue weighted by Crippen LogP contribution is 2.30. The summed E-state index contributed by atoms with van der Waals surface area (Å²) in [5, 5.41) is 3.26. The van der Waals surface area contributed by atoms with Crippen LogP contribution in [0.4, 0.5) is 5.69 Å². The number of fused-ring (bicyclic) bond motifs is 1. The van der Waals surface area contributed by atoms with E-state index in [0.717, 1.165) is 4.47 Å². The van der Waals surface area contributed by atoms with Crippen LogP contribution in [0, 0.1) is 0 Å². The fourth-order valence-corrected chi connectivity index (χ4v) is 3.25. The summed E-state index contributed by atoms with van der Waals surface area (Å²) in [5.74, 6) is -1.00. The number of benzodiazepines with no additional fused rings is 1. The Morgan fingerprint density at radius 1 is 1.26 bits per heavy atom. The van der Waals surface area contributed by atoms with Gasteiger partial charge in [0.15, 0.2) is 0 Å². The minimum absolute atomic E-state index is 0.183. The molecule has 140 valence electrons. The molecule has 1 heterocycles. The van der Waals surface area contributed by atoms with Crippen LogP contribution in [0.1, 0.15) is 24.0 Å². The monoisotopic (exact) mass is 450 g/mol. The molecule has 1 aliphatic rings. The minimum Gasteiger partial charge on any atom is -0.430 e. The Morgan fingerprint density at radius 2 is 2.04 bits per heavy atom. The molecule has 1 amide bonds. The van der Waals surface area contributed by atoms with Gasteiger partial charge < -0.3 is 15.8 Å². The predicted octanol–water partition coefficient (Wildman–Crippen LogP) is 2.78. The largest absolute Gasteiger partial charge is 0.430 e. The lowest BCUT2D eigenvalue weighted by Crippen LogP contribution is -2.50. The number of anilines is 1. The van der Waals surface area contributed by atoms with Crippen LogP contribution in [0.15, 0.2) is 51.9 Å². The molecule has 0 fully saturated rings. The van der Waals surface area contributed by atoms with Gasteiger partial charge in [-0.05, 0) is 24.3 Å². The van der Waals surface area contributed by atoms with Crippen LogP contribution >= 0.6 is 27.5 Å². The summed E-state index contributed by atoms with van der Waals surface area (Å²) in [6, 6.07) is 12.6. The maximum atomic E-state index is 12.6. The molecule has 0 saturated heterocycles. The van der Waals surface area contributed by atoms with E-state index >= 15 is 0 Å². The topological polar surface area (TPSA) is 95.4 Å². The summed E-state index contributed by atoms with van der Waals surface area (Å²) in [5.41, 5.74) is 6.07. The van der Waals surface area contributed by atoms with Gasteiger partial charge in [0.2, 0.25) is 0 Å². The fraction of sp³-hybridized carbons (Fsp3) is 0.211. The third-order valence-electron chi connectivity index (χ3n) is 3.97. The molecule has 2 aromatic carbocycles. The van der Waals surface area contributed by atoms with Gasteiger partial charge in [-0.3, -0.25) is 9.59 Å². The van der Waals surface area contributed by atoms with E-state index in [-0.39, 0.29) is 6.42 Å². The molecule has 3 rings (SSSR count). The van der Waals surface area contributed by atoms with Gasteiger partial charge in [0.05, 0.1) is 24.4 Å². The Hall–Kier alpha value is -2.22. The van der Waals surface area contributed by atoms with E-state index in [0.29, 0.717) is 40.5 Å². The lowest BCUT2D eigenvalue weighted by Gasteiger charge is -2.12. The molecular weight excluding hydrogens is 434 g/mol. The number of carbonyl (C=O) groups is 2. The van der Waals surface area contributed by atoms with Crippen LogP contribution in [0.2, 0.25) is 5.02 Å². The second-order valence-electron chi connectivity index (χ2n) is 5.94. The number of benzene rings is 2. The van der Waals surface area contributed by atoms with Gasteiger partial charge in [-0.2, -0.15) is 0 Å². The zero-order chi connectivity index (χ0) is 19.4. The molecule has 0 saturated carbocycles. The highest BCUT2D eigenvalue weighted by atomic mass is 79.9. The average Bonchev–Trinajstić information content (AvgIpc) is 2.77. The van der Waals surface area contributed by atoms with Gasteiger partial charge in [-0.1, -0.05) is 45.7 Å². The molecule has 4 N–H and O–H groups in total. The van der Waals surface area contributed by atoms with Crippen molar-refractivity contribution in [3.8, 4) is 0 Å². The third kappa shape index (κ3) is 4.55. The van der Waals surface area contributed by atoms with E-state index in [1.165, 1.54) is 0 Å². The quantitative estimate of drug-likeness (QED) is 0.684. The highest BCUT2D eigenvalue weighted by Gasteiger charge is 2.29. The van der Waals surface area contributed by atoms with Gasteiger partial charge in [-0.25, -0.2) is 4.99 Å². The van der Waals surface area contributed by atoms with Crippen molar-refractivity contribution < 1.29 is 20.1 Å². The van der Waals surface area contributed by atoms with Crippen LogP contribution < -0.4 is 11.1 Å². The van der Waals surface area contributed by atoms with E-state index in [2.05, 4.69) is 32.0 Å². The highest BCUT2D eigenvalue weighted by molar-refractivity contribution is 9.10. The van der Waals surface area contributed by atoms with E-state index in [4.69, 9.17) is 16.3 Å². The third-order valence-corrected chi connectivity index (χ3v) is 4.79. The SMILES string of the molecule is [NH3+]CCCC(=O)O[C@H]1N=C(c2ccccc2Cl)c2cc(Br)ccc2NC1=O. The van der Waals surface area contributed by atoms with Gasteiger partial charge >= 0.3 is 5.97 Å². The van der Waals surface area contributed by atoms with Crippen molar-refractivity contribution in [3.05, 3.63) is 63.1 Å². The van der Waals surface area contributed by atoms with E-state index < -0.39 is 18.1 Å². The molecule has 0 spiro atoms. The number of ether oxygens (including phenoxy) is 1. The Kier molecular flexibility index (Phi) is 6.26. The first-order chi connectivity index (χ1) is 13.0. The molecule has 6 nitrogen and oxygen atoms in total. The molecule has 2 aromatic rings. The van der Waals surface area contributed by atoms with Crippen LogP contribution in [0.25, 0.3) is 0 Å². The fourth-order valence-electron chi connectivity index (χ4n) is 2.66. The maximum Gasteiger partial charge on any atom is 0.308 e. The van der Waals surface area contributed by atoms with Crippen molar-refractivity contribution >= 4 is 50.8 Å². The van der Waals surface area contributed by atoms with Gasteiger partial charge in [0, 0.05) is 27.0 Å². The second kappa shape index (κ2) is 8.65. The Morgan fingerprint density at radius 3 is 2.78 bits per heavy atom. The lowest BCUT2D eigenvalue weighted by molar-refractivity contribution is -0.368. The number of quaternary nitrogens is 1. The molecule has 0 aliphatic carbocycles. The number of aliphatic imine (C=N–C) groups is 1. The van der Waals surface area contributed by atoms with Gasteiger partial charge in [-0.15, -0.1) is 0 Å². The van der Waals surface area contributed by atoms with Crippen molar-refractivity contribution in [3.63, 3.8) is 0 Å². The number of esters is 1. The smallest absolute Gasteiger partial charge is 0.308 e. The number of carbonyl (C=O) groups excluding carboxylic acids is 2. The summed E-state index contributed by atoms with van der Waals surface area (Å²) in [6.45, 7) is 0.611. The van der Waals surface area contributed by atoms with Crippen molar-refractivity contribution in [2.45, 2.75) is 19.1 Å². The molecule has 1 aliphatic heterocycles. The predicted molar refractivity (Wildman–Crippen MR) is 107 cm³/mol. The van der Waals surface area contributed by atoms with E-state index in [1.54, 1.807) is 12.1 Å². The number of halogens is 2. The molecular formula is C19H18BrClN3O3+. The van der Waals surface area contributed by atoms with Crippen molar-refractivity contribution in [1.29, 1.82) is 0 Å². The molecule has 0 unspecified atom stereocenters. The number of nitrogens with one attached hydrogen (secondary N) is 1. The summed E-state index contributed by atoms with van der Waals surface area (Å²) in [7, 11) is 0.